The van der Waals surface area contributed by atoms with Crippen LogP contribution in [-0.2, 0) is 19.5 Å². The Kier molecular flexibility index (Phi) is 5.55. The average Bonchev–Trinajstić information content (AvgIpc) is 2.38. The van der Waals surface area contributed by atoms with Crippen molar-refractivity contribution in [3.05, 3.63) is 18.2 Å². The molecule has 8 heteroatoms. The van der Waals surface area contributed by atoms with Gasteiger partial charge < -0.3 is 19.5 Å². The van der Waals surface area contributed by atoms with Gasteiger partial charge in [-0.1, -0.05) is 0 Å². The van der Waals surface area contributed by atoms with Crippen molar-refractivity contribution in [2.45, 2.75) is 11.2 Å². The molecule has 3 N–H and O–H groups in total. The lowest BCUT2D eigenvalue weighted by Gasteiger charge is -2.17. The van der Waals surface area contributed by atoms with E-state index in [4.69, 9.17) is 19.3 Å². The summed E-state index contributed by atoms with van der Waals surface area (Å²) in [5.74, 6) is 0.498. The molecule has 1 aromatic carbocycles. The van der Waals surface area contributed by atoms with E-state index in [1.807, 2.05) is 0 Å². The second-order valence-corrected chi connectivity index (χ2v) is 5.25. The van der Waals surface area contributed by atoms with Gasteiger partial charge in [0.05, 0.1) is 24.2 Å². The van der Waals surface area contributed by atoms with Crippen molar-refractivity contribution >= 4 is 15.7 Å². The Morgan fingerprint density at radius 2 is 1.89 bits per heavy atom. The summed E-state index contributed by atoms with van der Waals surface area (Å²) in [5.41, 5.74) is 0.494. The van der Waals surface area contributed by atoms with Gasteiger partial charge in [-0.3, -0.25) is 0 Å². The predicted molar refractivity (Wildman–Crippen MR) is 70.7 cm³/mol. The SMILES string of the molecule is COc1ccc(S(N)(=O)=O)cc1NCC(OC)OC. The number of sulfonamides is 1. The van der Waals surface area contributed by atoms with Crippen molar-refractivity contribution in [1.82, 2.24) is 0 Å². The summed E-state index contributed by atoms with van der Waals surface area (Å²) in [5, 5.41) is 8.06. The van der Waals surface area contributed by atoms with Gasteiger partial charge >= 0.3 is 0 Å². The van der Waals surface area contributed by atoms with Crippen LogP contribution < -0.4 is 15.2 Å². The smallest absolute Gasteiger partial charge is 0.238 e. The molecular formula is C11H18N2O5S. The quantitative estimate of drug-likeness (QED) is 0.704. The summed E-state index contributed by atoms with van der Waals surface area (Å²) >= 11 is 0. The molecule has 0 amide bonds. The number of ether oxygens (including phenoxy) is 3. The predicted octanol–water partition coefficient (Wildman–Crippen LogP) is 0.373. The van der Waals surface area contributed by atoms with Crippen LogP contribution in [0.3, 0.4) is 0 Å². The van der Waals surface area contributed by atoms with Crippen molar-refractivity contribution in [1.29, 1.82) is 0 Å². The molecule has 0 bridgehead atoms. The zero-order chi connectivity index (χ0) is 14.5. The van der Waals surface area contributed by atoms with E-state index in [2.05, 4.69) is 5.32 Å². The number of rotatable bonds is 7. The summed E-state index contributed by atoms with van der Waals surface area (Å²) in [6, 6.07) is 4.30. The number of hydrogen-bond donors (Lipinski definition) is 2. The van der Waals surface area contributed by atoms with E-state index in [0.29, 0.717) is 18.0 Å². The Bertz CT molecular complexity index is 514. The summed E-state index contributed by atoms with van der Waals surface area (Å²) in [6.45, 7) is 0.331. The molecule has 0 aliphatic rings. The van der Waals surface area contributed by atoms with E-state index in [1.54, 1.807) is 0 Å². The number of anilines is 1. The van der Waals surface area contributed by atoms with Crippen LogP contribution in [0.15, 0.2) is 23.1 Å². The third kappa shape index (κ3) is 4.35. The fourth-order valence-corrected chi connectivity index (χ4v) is 2.00. The highest BCUT2D eigenvalue weighted by Gasteiger charge is 2.13. The first kappa shape index (κ1) is 15.7. The fourth-order valence-electron chi connectivity index (χ4n) is 1.46. The minimum atomic E-state index is -3.76. The molecule has 0 unspecified atom stereocenters. The van der Waals surface area contributed by atoms with Crippen LogP contribution in [0.25, 0.3) is 0 Å². The normalized spacial score (nSPS) is 11.6. The van der Waals surface area contributed by atoms with Crippen LogP contribution in [-0.4, -0.2) is 42.6 Å². The maximum absolute atomic E-state index is 11.3. The summed E-state index contributed by atoms with van der Waals surface area (Å²) in [4.78, 5) is 0.00202. The molecule has 0 saturated heterocycles. The van der Waals surface area contributed by atoms with Gasteiger partial charge in [-0.05, 0) is 18.2 Å². The van der Waals surface area contributed by atoms with Gasteiger partial charge in [0, 0.05) is 14.2 Å². The molecule has 0 fully saturated rings. The lowest BCUT2D eigenvalue weighted by Crippen LogP contribution is -2.24. The van der Waals surface area contributed by atoms with Gasteiger partial charge in [-0.2, -0.15) is 0 Å². The van der Waals surface area contributed by atoms with Crippen LogP contribution in [0.2, 0.25) is 0 Å². The summed E-state index contributed by atoms with van der Waals surface area (Å²) in [7, 11) is 0.745. The molecule has 108 valence electrons. The highest BCUT2D eigenvalue weighted by atomic mass is 32.2. The Labute approximate surface area is 112 Å². The van der Waals surface area contributed by atoms with Gasteiger partial charge in [0.1, 0.15) is 5.75 Å². The first-order valence-corrected chi connectivity index (χ1v) is 6.97. The van der Waals surface area contributed by atoms with Crippen LogP contribution in [0.5, 0.6) is 5.75 Å². The number of nitrogens with one attached hydrogen (secondary N) is 1. The number of nitrogens with two attached hydrogens (primary N) is 1. The van der Waals surface area contributed by atoms with Crippen molar-refractivity contribution in [2.24, 2.45) is 5.14 Å². The molecule has 7 nitrogen and oxygen atoms in total. The van der Waals surface area contributed by atoms with Gasteiger partial charge in [-0.25, -0.2) is 13.6 Å². The Hall–Kier alpha value is -1.35. The molecule has 0 aliphatic carbocycles. The second-order valence-electron chi connectivity index (χ2n) is 3.69. The van der Waals surface area contributed by atoms with Gasteiger partial charge in [-0.15, -0.1) is 0 Å². The fraction of sp³-hybridized carbons (Fsp3) is 0.455. The third-order valence-corrected chi connectivity index (χ3v) is 3.40. The van der Waals surface area contributed by atoms with Gasteiger partial charge in [0.2, 0.25) is 10.0 Å². The maximum atomic E-state index is 11.3. The molecule has 0 aliphatic heterocycles. The highest BCUT2D eigenvalue weighted by molar-refractivity contribution is 7.89. The van der Waals surface area contributed by atoms with E-state index < -0.39 is 16.3 Å². The van der Waals surface area contributed by atoms with E-state index in [9.17, 15) is 8.42 Å². The highest BCUT2D eigenvalue weighted by Crippen LogP contribution is 2.27. The van der Waals surface area contributed by atoms with Crippen molar-refractivity contribution in [2.75, 3.05) is 33.2 Å². The second kappa shape index (κ2) is 6.71. The molecule has 19 heavy (non-hydrogen) atoms. The van der Waals surface area contributed by atoms with Crippen LogP contribution in [0.1, 0.15) is 0 Å². The van der Waals surface area contributed by atoms with Crippen molar-refractivity contribution in [3.8, 4) is 5.75 Å². The Morgan fingerprint density at radius 1 is 1.26 bits per heavy atom. The van der Waals surface area contributed by atoms with Gasteiger partial charge in [0.25, 0.3) is 0 Å². The molecule has 0 radical (unpaired) electrons. The number of benzene rings is 1. The number of primary sulfonamides is 1. The van der Waals surface area contributed by atoms with Gasteiger partial charge in [0.15, 0.2) is 6.29 Å². The number of hydrogen-bond acceptors (Lipinski definition) is 6. The van der Waals surface area contributed by atoms with Crippen LogP contribution in [0, 0.1) is 0 Å². The van der Waals surface area contributed by atoms with E-state index in [0.717, 1.165) is 0 Å². The molecule has 0 heterocycles. The largest absolute Gasteiger partial charge is 0.495 e. The standard InChI is InChI=1S/C11H18N2O5S/c1-16-10-5-4-8(19(12,14)15)6-9(10)13-7-11(17-2)18-3/h4-6,11,13H,7H2,1-3H3,(H2,12,14,15). The van der Waals surface area contributed by atoms with E-state index in [-0.39, 0.29) is 4.90 Å². The molecule has 0 atom stereocenters. The summed E-state index contributed by atoms with van der Waals surface area (Å²) < 4.78 is 37.8. The van der Waals surface area contributed by atoms with Crippen LogP contribution >= 0.6 is 0 Å². The van der Waals surface area contributed by atoms with E-state index in [1.165, 1.54) is 39.5 Å². The first-order valence-electron chi connectivity index (χ1n) is 5.42. The van der Waals surface area contributed by atoms with Crippen molar-refractivity contribution in [3.63, 3.8) is 0 Å². The zero-order valence-corrected chi connectivity index (χ0v) is 11.9. The average molecular weight is 290 g/mol. The minimum Gasteiger partial charge on any atom is -0.495 e. The maximum Gasteiger partial charge on any atom is 0.238 e. The Morgan fingerprint density at radius 3 is 2.37 bits per heavy atom. The number of methoxy groups -OCH3 is 3. The summed E-state index contributed by atoms with van der Waals surface area (Å²) in [6.07, 6.45) is -0.456. The molecule has 1 aromatic rings. The molecular weight excluding hydrogens is 272 g/mol. The van der Waals surface area contributed by atoms with E-state index >= 15 is 0 Å². The lowest BCUT2D eigenvalue weighted by atomic mass is 10.3. The molecule has 0 saturated carbocycles. The Balaban J connectivity index is 2.97. The minimum absolute atomic E-state index is 0.00202. The lowest BCUT2D eigenvalue weighted by molar-refractivity contribution is -0.0914. The first-order chi connectivity index (χ1) is 8.92. The molecule has 1 rings (SSSR count). The van der Waals surface area contributed by atoms with Crippen LogP contribution in [0.4, 0.5) is 5.69 Å². The van der Waals surface area contributed by atoms with Crippen molar-refractivity contribution < 1.29 is 22.6 Å². The zero-order valence-electron chi connectivity index (χ0n) is 11.0. The monoisotopic (exact) mass is 290 g/mol. The topological polar surface area (TPSA) is 99.9 Å². The third-order valence-electron chi connectivity index (χ3n) is 2.48. The molecule has 0 spiro atoms. The molecule has 0 aromatic heterocycles.